The van der Waals surface area contributed by atoms with Crippen molar-refractivity contribution >= 4 is 23.0 Å². The van der Waals surface area contributed by atoms with E-state index in [2.05, 4.69) is 22.8 Å². The van der Waals surface area contributed by atoms with Crippen LogP contribution in [0.2, 0.25) is 0 Å². The summed E-state index contributed by atoms with van der Waals surface area (Å²) in [7, 11) is 0. The summed E-state index contributed by atoms with van der Waals surface area (Å²) in [6.07, 6.45) is 0. The lowest BCUT2D eigenvalue weighted by atomic mass is 10.1. The molecule has 2 N–H and O–H groups in total. The van der Waals surface area contributed by atoms with Crippen molar-refractivity contribution in [2.75, 3.05) is 17.2 Å². The van der Waals surface area contributed by atoms with Crippen LogP contribution in [0, 0.1) is 0 Å². The van der Waals surface area contributed by atoms with Gasteiger partial charge in [-0.05, 0) is 59.7 Å². The van der Waals surface area contributed by atoms with E-state index in [0.29, 0.717) is 5.75 Å². The average molecular weight is 394 g/mol. The van der Waals surface area contributed by atoms with Crippen LogP contribution in [0.15, 0.2) is 109 Å². The van der Waals surface area contributed by atoms with Crippen molar-refractivity contribution in [3.63, 3.8) is 0 Å². The monoisotopic (exact) mass is 394 g/mol. The highest BCUT2D eigenvalue weighted by molar-refractivity contribution is 5.92. The maximum Gasteiger partial charge on any atom is 0.262 e. The lowest BCUT2D eigenvalue weighted by Gasteiger charge is -2.10. The van der Waals surface area contributed by atoms with Crippen LogP contribution in [0.1, 0.15) is 0 Å². The smallest absolute Gasteiger partial charge is 0.262 e. The molecule has 0 aromatic heterocycles. The van der Waals surface area contributed by atoms with Gasteiger partial charge in [-0.2, -0.15) is 0 Å². The molecule has 30 heavy (non-hydrogen) atoms. The summed E-state index contributed by atoms with van der Waals surface area (Å²) in [4.78, 5) is 12.2. The van der Waals surface area contributed by atoms with Crippen LogP contribution in [-0.4, -0.2) is 12.5 Å². The first-order valence-electron chi connectivity index (χ1n) is 9.76. The van der Waals surface area contributed by atoms with Gasteiger partial charge in [-0.1, -0.05) is 60.7 Å². The minimum atomic E-state index is -0.203. The van der Waals surface area contributed by atoms with Crippen molar-refractivity contribution in [2.45, 2.75) is 0 Å². The minimum absolute atomic E-state index is 0.0469. The lowest BCUT2D eigenvalue weighted by molar-refractivity contribution is -0.118. The quantitative estimate of drug-likeness (QED) is 0.397. The van der Waals surface area contributed by atoms with Crippen LogP contribution in [0.25, 0.3) is 11.1 Å². The third kappa shape index (κ3) is 5.26. The van der Waals surface area contributed by atoms with Gasteiger partial charge in [0.05, 0.1) is 0 Å². The van der Waals surface area contributed by atoms with Crippen LogP contribution in [-0.2, 0) is 4.79 Å². The van der Waals surface area contributed by atoms with Gasteiger partial charge in [0.2, 0.25) is 0 Å². The van der Waals surface area contributed by atoms with E-state index in [9.17, 15) is 4.79 Å². The van der Waals surface area contributed by atoms with E-state index < -0.39 is 0 Å². The summed E-state index contributed by atoms with van der Waals surface area (Å²) in [5.41, 5.74) is 4.94. The Morgan fingerprint density at radius 1 is 0.600 bits per heavy atom. The van der Waals surface area contributed by atoms with Crippen molar-refractivity contribution in [1.82, 2.24) is 0 Å². The molecule has 0 radical (unpaired) electrons. The number of amides is 1. The van der Waals surface area contributed by atoms with Gasteiger partial charge < -0.3 is 15.4 Å². The van der Waals surface area contributed by atoms with Crippen molar-refractivity contribution in [3.8, 4) is 16.9 Å². The molecule has 4 aromatic rings. The molecule has 4 heteroatoms. The second-order valence-electron chi connectivity index (χ2n) is 6.80. The summed E-state index contributed by atoms with van der Waals surface area (Å²) in [5, 5.41) is 6.16. The van der Waals surface area contributed by atoms with Crippen LogP contribution in [0.5, 0.6) is 5.75 Å². The second-order valence-corrected chi connectivity index (χ2v) is 6.80. The molecule has 0 atom stereocenters. The highest BCUT2D eigenvalue weighted by atomic mass is 16.5. The molecule has 0 spiro atoms. The Balaban J connectivity index is 1.27. The Labute approximate surface area is 176 Å². The molecular formula is C26H22N2O2. The molecule has 0 aliphatic rings. The first kappa shape index (κ1) is 19.3. The summed E-state index contributed by atoms with van der Waals surface area (Å²) in [6.45, 7) is -0.0469. The van der Waals surface area contributed by atoms with Crippen LogP contribution in [0.3, 0.4) is 0 Å². The predicted molar refractivity (Wildman–Crippen MR) is 122 cm³/mol. The van der Waals surface area contributed by atoms with Crippen LogP contribution >= 0.6 is 0 Å². The Bertz CT molecular complexity index is 1080. The number of benzene rings is 4. The number of carbonyl (C=O) groups is 1. The van der Waals surface area contributed by atoms with Crippen LogP contribution < -0.4 is 15.4 Å². The van der Waals surface area contributed by atoms with E-state index in [1.54, 1.807) is 0 Å². The van der Waals surface area contributed by atoms with E-state index in [1.165, 1.54) is 0 Å². The number of hydrogen-bond acceptors (Lipinski definition) is 3. The molecule has 0 fully saturated rings. The summed E-state index contributed by atoms with van der Waals surface area (Å²) >= 11 is 0. The largest absolute Gasteiger partial charge is 0.484 e. The molecular weight excluding hydrogens is 372 g/mol. The Morgan fingerprint density at radius 3 is 1.80 bits per heavy atom. The molecule has 0 saturated carbocycles. The standard InChI is InChI=1S/C26H22N2O2/c29-26(19-30-25-17-11-21(12-18-25)20-7-3-1-4-8-20)28-24-15-13-23(14-16-24)27-22-9-5-2-6-10-22/h1-18,27H,19H2,(H,28,29). The predicted octanol–water partition coefficient (Wildman–Crippen LogP) is 6.11. The Kier molecular flexibility index (Phi) is 6.06. The highest BCUT2D eigenvalue weighted by Crippen LogP contribution is 2.22. The molecule has 0 saturated heterocycles. The summed E-state index contributed by atoms with van der Waals surface area (Å²) in [5.74, 6) is 0.457. The van der Waals surface area contributed by atoms with Crippen molar-refractivity contribution in [2.24, 2.45) is 0 Å². The number of rotatable bonds is 7. The maximum atomic E-state index is 12.2. The van der Waals surface area contributed by atoms with Crippen molar-refractivity contribution in [3.05, 3.63) is 109 Å². The average Bonchev–Trinajstić information content (AvgIpc) is 2.81. The molecule has 0 heterocycles. The fourth-order valence-electron chi connectivity index (χ4n) is 3.05. The first-order chi connectivity index (χ1) is 14.8. The van der Waals surface area contributed by atoms with E-state index in [1.807, 2.05) is 97.1 Å². The van der Waals surface area contributed by atoms with Gasteiger partial charge in [0.1, 0.15) is 5.75 Å². The molecule has 148 valence electrons. The normalized spacial score (nSPS) is 10.3. The first-order valence-corrected chi connectivity index (χ1v) is 9.76. The third-order valence-electron chi connectivity index (χ3n) is 4.56. The van der Waals surface area contributed by atoms with Crippen molar-refractivity contribution < 1.29 is 9.53 Å². The van der Waals surface area contributed by atoms with Gasteiger partial charge in [-0.15, -0.1) is 0 Å². The zero-order valence-electron chi connectivity index (χ0n) is 16.4. The number of nitrogens with one attached hydrogen (secondary N) is 2. The van der Waals surface area contributed by atoms with E-state index in [0.717, 1.165) is 28.2 Å². The Morgan fingerprint density at radius 2 is 1.13 bits per heavy atom. The van der Waals surface area contributed by atoms with Crippen LogP contribution in [0.4, 0.5) is 17.1 Å². The van der Waals surface area contributed by atoms with E-state index in [4.69, 9.17) is 4.74 Å². The summed E-state index contributed by atoms with van der Waals surface area (Å²) in [6, 6.07) is 35.3. The van der Waals surface area contributed by atoms with Gasteiger partial charge >= 0.3 is 0 Å². The Hall–Kier alpha value is -4.05. The summed E-state index contributed by atoms with van der Waals surface area (Å²) < 4.78 is 5.61. The number of para-hydroxylation sites is 1. The van der Waals surface area contributed by atoms with Gasteiger partial charge in [0.25, 0.3) is 5.91 Å². The molecule has 0 aliphatic carbocycles. The molecule has 0 unspecified atom stereocenters. The molecule has 4 aromatic carbocycles. The van der Waals surface area contributed by atoms with Gasteiger partial charge in [0.15, 0.2) is 6.61 Å². The fourth-order valence-corrected chi connectivity index (χ4v) is 3.05. The third-order valence-corrected chi connectivity index (χ3v) is 4.56. The van der Waals surface area contributed by atoms with Gasteiger partial charge in [-0.25, -0.2) is 0 Å². The second kappa shape index (κ2) is 9.43. The van der Waals surface area contributed by atoms with Gasteiger partial charge in [-0.3, -0.25) is 4.79 Å². The zero-order chi connectivity index (χ0) is 20.6. The SMILES string of the molecule is O=C(COc1ccc(-c2ccccc2)cc1)Nc1ccc(Nc2ccccc2)cc1. The molecule has 4 rings (SSSR count). The molecule has 0 bridgehead atoms. The molecule has 4 nitrogen and oxygen atoms in total. The number of carbonyl (C=O) groups excluding carboxylic acids is 1. The van der Waals surface area contributed by atoms with E-state index >= 15 is 0 Å². The lowest BCUT2D eigenvalue weighted by Crippen LogP contribution is -2.20. The number of hydrogen-bond donors (Lipinski definition) is 2. The van der Waals surface area contributed by atoms with E-state index in [-0.39, 0.29) is 12.5 Å². The fraction of sp³-hybridized carbons (Fsp3) is 0.0385. The molecule has 0 aliphatic heterocycles. The maximum absolute atomic E-state index is 12.2. The number of anilines is 3. The molecule has 1 amide bonds. The van der Waals surface area contributed by atoms with Crippen molar-refractivity contribution in [1.29, 1.82) is 0 Å². The number of ether oxygens (including phenoxy) is 1. The van der Waals surface area contributed by atoms with Gasteiger partial charge in [0, 0.05) is 17.1 Å². The highest BCUT2D eigenvalue weighted by Gasteiger charge is 2.05. The zero-order valence-corrected chi connectivity index (χ0v) is 16.4. The minimum Gasteiger partial charge on any atom is -0.484 e. The topological polar surface area (TPSA) is 50.4 Å².